The van der Waals surface area contributed by atoms with Gasteiger partial charge in [-0.25, -0.2) is 32.5 Å². The largest absolute Gasteiger partial charge is 0.469 e. The lowest BCUT2D eigenvalue weighted by molar-refractivity contribution is 0.106. The number of nitrogens with zero attached hydrogens (tertiary/aromatic N) is 6. The number of aryl methyl sites for hydroxylation is 1. The molecule has 0 aliphatic rings. The van der Waals surface area contributed by atoms with Gasteiger partial charge in [0.2, 0.25) is 5.88 Å². The number of amidine groups is 1. The number of hydrogen-bond acceptors (Lipinski definition) is 10. The minimum absolute atomic E-state index is 0.0893. The van der Waals surface area contributed by atoms with Crippen LogP contribution in [0.2, 0.25) is 0 Å². The normalized spacial score (nSPS) is 13.6. The molecule has 1 atom stereocenters. The molecule has 0 bridgehead atoms. The molecule has 0 amide bonds. The number of hydrogen-bond donors (Lipinski definition) is 2. The number of fused-ring (bicyclic) bond motifs is 1. The molecule has 0 aliphatic heterocycles. The molecule has 3 heterocycles. The Balaban J connectivity index is 1.59. The van der Waals surface area contributed by atoms with E-state index in [1.165, 1.54) is 43.8 Å². The van der Waals surface area contributed by atoms with Crippen molar-refractivity contribution in [2.45, 2.75) is 38.0 Å². The Hall–Kier alpha value is -3.59. The van der Waals surface area contributed by atoms with Crippen LogP contribution in [-0.4, -0.2) is 48.5 Å². The number of alkyl halides is 2. The van der Waals surface area contributed by atoms with E-state index >= 15 is 0 Å². The first-order valence-corrected chi connectivity index (χ1v) is 12.7. The molecule has 38 heavy (non-hydrogen) atoms. The van der Waals surface area contributed by atoms with Crippen molar-refractivity contribution in [2.24, 2.45) is 10.7 Å². The Kier molecular flexibility index (Phi) is 8.26. The van der Waals surface area contributed by atoms with Crippen molar-refractivity contribution in [1.29, 1.82) is 0 Å². The third kappa shape index (κ3) is 6.27. The first-order chi connectivity index (χ1) is 18.1. The standard InChI is InChI=1S/C23H22F4N8OS2/c1-11-34-35-17(37-11)10-36-16-9-31-19-15(33-16)4-5-30-20(19)32-13-6-12(18(25)14(24)7-13)8-23(2,21(26)27)38-22(28)29-3/h4-7,9,21H,8,10H2,1-3H3,(H2,28,29)(H,30,32)/t23-/m1/s1. The topological polar surface area (TPSA) is 124 Å². The van der Waals surface area contributed by atoms with Crippen LogP contribution in [-0.2, 0) is 13.0 Å². The van der Waals surface area contributed by atoms with E-state index < -0.39 is 29.2 Å². The number of thioether (sulfide) groups is 1. The van der Waals surface area contributed by atoms with Crippen LogP contribution in [0.4, 0.5) is 29.1 Å². The summed E-state index contributed by atoms with van der Waals surface area (Å²) in [4.78, 5) is 16.6. The zero-order valence-corrected chi connectivity index (χ0v) is 22.0. The predicted octanol–water partition coefficient (Wildman–Crippen LogP) is 5.03. The van der Waals surface area contributed by atoms with Gasteiger partial charge >= 0.3 is 0 Å². The fourth-order valence-corrected chi connectivity index (χ4v) is 4.93. The van der Waals surface area contributed by atoms with Crippen molar-refractivity contribution in [2.75, 3.05) is 12.4 Å². The Morgan fingerprint density at radius 2 is 2.05 bits per heavy atom. The summed E-state index contributed by atoms with van der Waals surface area (Å²) in [6.07, 6.45) is -0.559. The number of benzene rings is 1. The summed E-state index contributed by atoms with van der Waals surface area (Å²) >= 11 is 2.00. The lowest BCUT2D eigenvalue weighted by Crippen LogP contribution is -2.36. The van der Waals surface area contributed by atoms with E-state index in [-0.39, 0.29) is 34.7 Å². The highest BCUT2D eigenvalue weighted by atomic mass is 32.2. The van der Waals surface area contributed by atoms with Gasteiger partial charge in [-0.15, -0.1) is 10.2 Å². The molecule has 0 unspecified atom stereocenters. The number of halogens is 4. The van der Waals surface area contributed by atoms with Gasteiger partial charge in [0.25, 0.3) is 6.43 Å². The van der Waals surface area contributed by atoms with Crippen LogP contribution in [0.5, 0.6) is 5.88 Å². The molecule has 4 aromatic rings. The van der Waals surface area contributed by atoms with Crippen LogP contribution in [0.3, 0.4) is 0 Å². The monoisotopic (exact) mass is 566 g/mol. The average Bonchev–Trinajstić information content (AvgIpc) is 3.30. The fraction of sp³-hybridized carbons (Fsp3) is 0.304. The Bertz CT molecular complexity index is 1490. The molecule has 4 rings (SSSR count). The van der Waals surface area contributed by atoms with Crippen molar-refractivity contribution in [3.63, 3.8) is 0 Å². The fourth-order valence-electron chi connectivity index (χ4n) is 3.43. The van der Waals surface area contributed by atoms with Crippen LogP contribution in [0.1, 0.15) is 22.5 Å². The summed E-state index contributed by atoms with van der Waals surface area (Å²) in [6.45, 7) is 3.22. The van der Waals surface area contributed by atoms with Gasteiger partial charge in [0, 0.05) is 25.0 Å². The van der Waals surface area contributed by atoms with E-state index in [9.17, 15) is 17.6 Å². The van der Waals surface area contributed by atoms with Gasteiger partial charge < -0.3 is 15.8 Å². The van der Waals surface area contributed by atoms with Gasteiger partial charge in [0.1, 0.15) is 17.1 Å². The summed E-state index contributed by atoms with van der Waals surface area (Å²) in [5.74, 6) is -1.99. The van der Waals surface area contributed by atoms with E-state index in [2.05, 4.69) is 35.5 Å². The van der Waals surface area contributed by atoms with Crippen LogP contribution in [0.25, 0.3) is 11.0 Å². The highest BCUT2D eigenvalue weighted by Crippen LogP contribution is 2.37. The summed E-state index contributed by atoms with van der Waals surface area (Å²) in [5, 5.41) is 12.2. The molecule has 15 heteroatoms. The first kappa shape index (κ1) is 27.4. The Labute approximate surface area is 223 Å². The van der Waals surface area contributed by atoms with Gasteiger partial charge in [0.05, 0.1) is 16.5 Å². The zero-order valence-electron chi connectivity index (χ0n) is 20.4. The van der Waals surface area contributed by atoms with E-state index in [4.69, 9.17) is 10.5 Å². The maximum atomic E-state index is 14.6. The minimum atomic E-state index is -2.89. The Morgan fingerprint density at radius 3 is 2.74 bits per heavy atom. The minimum Gasteiger partial charge on any atom is -0.469 e. The number of anilines is 2. The summed E-state index contributed by atoms with van der Waals surface area (Å²) in [6, 6.07) is 3.76. The number of rotatable bonds is 9. The summed E-state index contributed by atoms with van der Waals surface area (Å²) in [5.41, 5.74) is 6.21. The van der Waals surface area contributed by atoms with Gasteiger partial charge in [-0.1, -0.05) is 23.1 Å². The lowest BCUT2D eigenvalue weighted by Gasteiger charge is -2.28. The second kappa shape index (κ2) is 11.4. The molecule has 0 saturated heterocycles. The number of nitrogens with two attached hydrogens (primary N) is 1. The molecule has 3 aromatic heterocycles. The van der Waals surface area contributed by atoms with Gasteiger partial charge in [-0.3, -0.25) is 4.99 Å². The second-order valence-corrected chi connectivity index (χ2v) is 11.1. The van der Waals surface area contributed by atoms with Crippen molar-refractivity contribution in [1.82, 2.24) is 25.1 Å². The molecule has 3 N–H and O–H groups in total. The van der Waals surface area contributed by atoms with Crippen molar-refractivity contribution >= 4 is 50.8 Å². The van der Waals surface area contributed by atoms with E-state index in [0.29, 0.717) is 27.8 Å². The third-order valence-corrected chi connectivity index (χ3v) is 7.27. The maximum Gasteiger partial charge on any atom is 0.253 e. The van der Waals surface area contributed by atoms with Gasteiger partial charge in [-0.2, -0.15) is 0 Å². The summed E-state index contributed by atoms with van der Waals surface area (Å²) in [7, 11) is 1.35. The molecule has 0 radical (unpaired) electrons. The van der Waals surface area contributed by atoms with Crippen molar-refractivity contribution in [3.8, 4) is 5.88 Å². The number of nitrogens with one attached hydrogen (secondary N) is 1. The smallest absolute Gasteiger partial charge is 0.253 e. The molecule has 0 aliphatic carbocycles. The highest BCUT2D eigenvalue weighted by Gasteiger charge is 2.38. The third-order valence-electron chi connectivity index (χ3n) is 5.28. The van der Waals surface area contributed by atoms with Crippen LogP contribution < -0.4 is 15.8 Å². The van der Waals surface area contributed by atoms with Crippen LogP contribution >= 0.6 is 23.1 Å². The number of pyridine rings is 1. The van der Waals surface area contributed by atoms with Crippen molar-refractivity contribution in [3.05, 3.63) is 57.8 Å². The highest BCUT2D eigenvalue weighted by molar-refractivity contribution is 8.15. The average molecular weight is 567 g/mol. The number of ether oxygens (including phenoxy) is 1. The lowest BCUT2D eigenvalue weighted by atomic mass is 9.99. The number of aromatic nitrogens is 5. The molecule has 9 nitrogen and oxygen atoms in total. The Morgan fingerprint density at radius 1 is 1.26 bits per heavy atom. The van der Waals surface area contributed by atoms with Crippen LogP contribution in [0, 0.1) is 18.6 Å². The SMILES string of the molecule is CN=C(N)S[C@](C)(Cc1cc(Nc2nccc3nc(OCc4nnc(C)s4)cnc23)cc(F)c1F)C(F)F. The molecule has 200 valence electrons. The molecule has 0 fully saturated rings. The van der Waals surface area contributed by atoms with E-state index in [0.717, 1.165) is 11.1 Å². The van der Waals surface area contributed by atoms with E-state index in [1.54, 1.807) is 6.07 Å². The van der Waals surface area contributed by atoms with E-state index in [1.807, 2.05) is 6.92 Å². The first-order valence-electron chi connectivity index (χ1n) is 11.1. The van der Waals surface area contributed by atoms with Gasteiger partial charge in [0.15, 0.2) is 27.6 Å². The number of aliphatic imine (C=N–C) groups is 1. The van der Waals surface area contributed by atoms with Crippen molar-refractivity contribution < 1.29 is 22.3 Å². The predicted molar refractivity (Wildman–Crippen MR) is 139 cm³/mol. The van der Waals surface area contributed by atoms with Crippen LogP contribution in [0.15, 0.2) is 35.6 Å². The second-order valence-electron chi connectivity index (χ2n) is 8.25. The molecule has 1 aromatic carbocycles. The molecule has 0 saturated carbocycles. The quantitative estimate of drug-likeness (QED) is 0.163. The molecular formula is C23H22F4N8OS2. The zero-order chi connectivity index (χ0) is 27.4. The molecular weight excluding hydrogens is 544 g/mol. The van der Waals surface area contributed by atoms with Gasteiger partial charge in [-0.05, 0) is 38.0 Å². The summed E-state index contributed by atoms with van der Waals surface area (Å²) < 4.78 is 60.8. The molecule has 0 spiro atoms. The maximum absolute atomic E-state index is 14.6.